The minimum Gasteiger partial charge on any atom is -0.369 e. The van der Waals surface area contributed by atoms with Gasteiger partial charge in [-0.1, -0.05) is 12.1 Å². The Balaban J connectivity index is 1.16. The maximum atomic E-state index is 12.4. The number of rotatable bonds is 7. The normalized spacial score (nSPS) is 14.6. The van der Waals surface area contributed by atoms with Crippen LogP contribution < -0.4 is 10.2 Å². The first kappa shape index (κ1) is 20.2. The van der Waals surface area contributed by atoms with Crippen molar-refractivity contribution in [1.82, 2.24) is 14.8 Å². The Morgan fingerprint density at radius 3 is 2.33 bits per heavy atom. The van der Waals surface area contributed by atoms with Gasteiger partial charge in [-0.15, -0.1) is 0 Å². The molecule has 1 aromatic heterocycles. The van der Waals surface area contributed by atoms with Gasteiger partial charge >= 0.3 is 0 Å². The smallest absolute Gasteiger partial charge is 0.251 e. The predicted molar refractivity (Wildman–Crippen MR) is 123 cm³/mol. The van der Waals surface area contributed by atoms with Crippen LogP contribution in [0.3, 0.4) is 0 Å². The minimum atomic E-state index is -0.00155. The van der Waals surface area contributed by atoms with Crippen molar-refractivity contribution in [1.29, 1.82) is 0 Å². The van der Waals surface area contributed by atoms with Crippen LogP contribution in [0.4, 0.5) is 5.69 Å². The molecule has 1 fully saturated rings. The average molecular weight is 403 g/mol. The van der Waals surface area contributed by atoms with Crippen molar-refractivity contribution in [2.75, 3.05) is 44.2 Å². The molecule has 0 atom stereocenters. The summed E-state index contributed by atoms with van der Waals surface area (Å²) in [4.78, 5) is 17.3. The second-order valence-electron chi connectivity index (χ2n) is 7.91. The van der Waals surface area contributed by atoms with E-state index in [0.29, 0.717) is 12.1 Å². The summed E-state index contributed by atoms with van der Waals surface area (Å²) in [7, 11) is 0. The molecule has 0 spiro atoms. The Morgan fingerprint density at radius 1 is 0.900 bits per heavy atom. The standard InChI is InChI=1S/C25H30N4O/c1-21-6-4-7-24(20-21)29-18-16-27(17-19-29)13-5-12-26-25(30)22-8-10-23(11-9-22)28-14-2-3-15-28/h2-4,6-11,14-15,20H,5,12-13,16-19H2,1H3,(H,26,30). The molecule has 0 bridgehead atoms. The van der Waals surface area contributed by atoms with Crippen LogP contribution in [0.15, 0.2) is 73.1 Å². The molecular weight excluding hydrogens is 372 g/mol. The molecular formula is C25H30N4O. The molecule has 1 amide bonds. The third kappa shape index (κ3) is 5.10. The Bertz CT molecular complexity index is 942. The van der Waals surface area contributed by atoms with Gasteiger partial charge in [0.05, 0.1) is 0 Å². The van der Waals surface area contributed by atoms with Crippen LogP contribution in [-0.4, -0.2) is 54.6 Å². The molecule has 3 aromatic rings. The molecule has 4 rings (SSSR count). The SMILES string of the molecule is Cc1cccc(N2CCN(CCCNC(=O)c3ccc(-n4cccc4)cc3)CC2)c1. The molecule has 0 saturated carbocycles. The predicted octanol–water partition coefficient (Wildman–Crippen LogP) is 3.73. The zero-order valence-electron chi connectivity index (χ0n) is 17.6. The lowest BCUT2D eigenvalue weighted by molar-refractivity contribution is 0.0951. The largest absolute Gasteiger partial charge is 0.369 e. The minimum absolute atomic E-state index is 0.00155. The van der Waals surface area contributed by atoms with Gasteiger partial charge in [0.1, 0.15) is 0 Å². The number of benzene rings is 2. The van der Waals surface area contributed by atoms with Crippen LogP contribution in [-0.2, 0) is 0 Å². The Labute approximate surface area is 178 Å². The van der Waals surface area contributed by atoms with Crippen LogP contribution in [0.1, 0.15) is 22.3 Å². The maximum Gasteiger partial charge on any atom is 0.251 e. The monoisotopic (exact) mass is 402 g/mol. The van der Waals surface area contributed by atoms with Gasteiger partial charge in [-0.3, -0.25) is 9.69 Å². The fraction of sp³-hybridized carbons (Fsp3) is 0.320. The zero-order chi connectivity index (χ0) is 20.8. The number of carbonyl (C=O) groups excluding carboxylic acids is 1. The van der Waals surface area contributed by atoms with Crippen molar-refractivity contribution in [2.24, 2.45) is 0 Å². The van der Waals surface area contributed by atoms with E-state index in [2.05, 4.69) is 46.3 Å². The van der Waals surface area contributed by atoms with E-state index in [1.165, 1.54) is 11.3 Å². The molecule has 0 radical (unpaired) electrons. The van der Waals surface area contributed by atoms with Crippen molar-refractivity contribution in [2.45, 2.75) is 13.3 Å². The number of aromatic nitrogens is 1. The molecule has 1 saturated heterocycles. The number of carbonyl (C=O) groups is 1. The topological polar surface area (TPSA) is 40.5 Å². The maximum absolute atomic E-state index is 12.4. The number of amides is 1. The Hall–Kier alpha value is -3.05. The molecule has 1 N–H and O–H groups in total. The van der Waals surface area contributed by atoms with Crippen molar-refractivity contribution in [3.63, 3.8) is 0 Å². The van der Waals surface area contributed by atoms with E-state index in [9.17, 15) is 4.79 Å². The first-order chi connectivity index (χ1) is 14.7. The van der Waals surface area contributed by atoms with Crippen molar-refractivity contribution in [3.8, 4) is 5.69 Å². The molecule has 0 aliphatic carbocycles. The van der Waals surface area contributed by atoms with Gasteiger partial charge in [-0.25, -0.2) is 0 Å². The van der Waals surface area contributed by atoms with E-state index >= 15 is 0 Å². The molecule has 5 heteroatoms. The van der Waals surface area contributed by atoms with E-state index in [0.717, 1.165) is 44.8 Å². The summed E-state index contributed by atoms with van der Waals surface area (Å²) in [5.41, 5.74) is 4.40. The van der Waals surface area contributed by atoms with Crippen molar-refractivity contribution < 1.29 is 4.79 Å². The molecule has 30 heavy (non-hydrogen) atoms. The molecule has 2 aromatic carbocycles. The van der Waals surface area contributed by atoms with Crippen molar-refractivity contribution >= 4 is 11.6 Å². The number of anilines is 1. The number of hydrogen-bond acceptors (Lipinski definition) is 3. The number of piperazine rings is 1. The Kier molecular flexibility index (Phi) is 6.50. The van der Waals surface area contributed by atoms with Gasteiger partial charge in [-0.05, 0) is 74.0 Å². The van der Waals surface area contributed by atoms with Crippen LogP contribution >= 0.6 is 0 Å². The summed E-state index contributed by atoms with van der Waals surface area (Å²) in [6, 6.07) is 20.4. The van der Waals surface area contributed by atoms with E-state index in [1.54, 1.807) is 0 Å². The van der Waals surface area contributed by atoms with Crippen LogP contribution in [0, 0.1) is 6.92 Å². The van der Waals surface area contributed by atoms with E-state index in [1.807, 2.05) is 53.4 Å². The summed E-state index contributed by atoms with van der Waals surface area (Å²) in [5, 5.41) is 3.05. The fourth-order valence-corrected chi connectivity index (χ4v) is 3.95. The lowest BCUT2D eigenvalue weighted by Gasteiger charge is -2.36. The highest BCUT2D eigenvalue weighted by Gasteiger charge is 2.17. The highest BCUT2D eigenvalue weighted by Crippen LogP contribution is 2.17. The van der Waals surface area contributed by atoms with Gasteiger partial charge in [0.15, 0.2) is 0 Å². The fourth-order valence-electron chi connectivity index (χ4n) is 3.95. The lowest BCUT2D eigenvalue weighted by Crippen LogP contribution is -2.47. The molecule has 5 nitrogen and oxygen atoms in total. The summed E-state index contributed by atoms with van der Waals surface area (Å²) in [5.74, 6) is -0.00155. The second-order valence-corrected chi connectivity index (χ2v) is 7.91. The first-order valence-electron chi connectivity index (χ1n) is 10.7. The van der Waals surface area contributed by atoms with E-state index in [4.69, 9.17) is 0 Å². The summed E-state index contributed by atoms with van der Waals surface area (Å²) >= 11 is 0. The van der Waals surface area contributed by atoms with E-state index in [-0.39, 0.29) is 5.91 Å². The third-order valence-corrected chi connectivity index (χ3v) is 5.71. The van der Waals surface area contributed by atoms with Crippen LogP contribution in [0.25, 0.3) is 5.69 Å². The second kappa shape index (κ2) is 9.63. The van der Waals surface area contributed by atoms with Gasteiger partial charge in [-0.2, -0.15) is 0 Å². The molecule has 156 valence electrons. The number of hydrogen-bond donors (Lipinski definition) is 1. The van der Waals surface area contributed by atoms with Gasteiger partial charge in [0, 0.05) is 62.1 Å². The van der Waals surface area contributed by atoms with Crippen LogP contribution in [0.2, 0.25) is 0 Å². The quantitative estimate of drug-likeness (QED) is 0.612. The zero-order valence-corrected chi connectivity index (χ0v) is 17.6. The molecule has 1 aliphatic heterocycles. The summed E-state index contributed by atoms with van der Waals surface area (Å²) in [6.45, 7) is 8.13. The highest BCUT2D eigenvalue weighted by atomic mass is 16.1. The molecule has 0 unspecified atom stereocenters. The lowest BCUT2D eigenvalue weighted by atomic mass is 10.2. The molecule has 2 heterocycles. The van der Waals surface area contributed by atoms with E-state index < -0.39 is 0 Å². The van der Waals surface area contributed by atoms with Gasteiger partial charge in [0.2, 0.25) is 0 Å². The van der Waals surface area contributed by atoms with Gasteiger partial charge in [0.25, 0.3) is 5.91 Å². The summed E-state index contributed by atoms with van der Waals surface area (Å²) < 4.78 is 2.03. The van der Waals surface area contributed by atoms with Crippen LogP contribution in [0.5, 0.6) is 0 Å². The number of nitrogens with zero attached hydrogens (tertiary/aromatic N) is 3. The van der Waals surface area contributed by atoms with Gasteiger partial charge < -0.3 is 14.8 Å². The number of nitrogens with one attached hydrogen (secondary N) is 1. The number of aryl methyl sites for hydroxylation is 1. The third-order valence-electron chi connectivity index (χ3n) is 5.71. The Morgan fingerprint density at radius 2 is 1.63 bits per heavy atom. The molecule has 1 aliphatic rings. The highest BCUT2D eigenvalue weighted by molar-refractivity contribution is 5.94. The first-order valence-corrected chi connectivity index (χ1v) is 10.7. The van der Waals surface area contributed by atoms with Crippen molar-refractivity contribution in [3.05, 3.63) is 84.2 Å². The summed E-state index contributed by atoms with van der Waals surface area (Å²) in [6.07, 6.45) is 4.96. The average Bonchev–Trinajstić information content (AvgIpc) is 3.32.